The predicted molar refractivity (Wildman–Crippen MR) is 150 cm³/mol. The molecular weight excluding hydrogens is 468 g/mol. The number of carbonyl (C=O) groups excluding carboxylic acids is 2. The molecule has 0 fully saturated rings. The van der Waals surface area contributed by atoms with E-state index >= 15 is 0 Å². The van der Waals surface area contributed by atoms with Crippen molar-refractivity contribution in [1.82, 2.24) is 4.98 Å². The summed E-state index contributed by atoms with van der Waals surface area (Å²) in [6, 6.07) is 22.6. The average molecular weight is 499 g/mol. The fraction of sp³-hybridized carbons (Fsp3) is 0.207. The third-order valence-electron chi connectivity index (χ3n) is 5.92. The molecule has 0 spiro atoms. The minimum atomic E-state index is -0.413. The van der Waals surface area contributed by atoms with Gasteiger partial charge in [-0.2, -0.15) is 0 Å². The molecule has 0 bridgehead atoms. The van der Waals surface area contributed by atoms with Gasteiger partial charge in [0.05, 0.1) is 11.1 Å². The summed E-state index contributed by atoms with van der Waals surface area (Å²) in [4.78, 5) is 31.2. The molecule has 0 saturated carbocycles. The van der Waals surface area contributed by atoms with Crippen molar-refractivity contribution in [2.75, 3.05) is 22.1 Å². The molecule has 0 unspecified atom stereocenters. The summed E-state index contributed by atoms with van der Waals surface area (Å²) in [5.41, 5.74) is 9.06. The zero-order valence-electron chi connectivity index (χ0n) is 20.5. The van der Waals surface area contributed by atoms with E-state index in [0.29, 0.717) is 22.0 Å². The number of hydrogen-bond acceptors (Lipinski definition) is 5. The first kappa shape index (κ1) is 25.3. The van der Waals surface area contributed by atoms with Gasteiger partial charge in [-0.1, -0.05) is 74.4 Å². The zero-order valence-corrected chi connectivity index (χ0v) is 21.3. The molecule has 7 heteroatoms. The minimum Gasteiger partial charge on any atom is -0.383 e. The minimum absolute atomic E-state index is 0.0955. The average Bonchev–Trinajstić information content (AvgIpc) is 2.88. The van der Waals surface area contributed by atoms with Crippen molar-refractivity contribution in [3.63, 3.8) is 0 Å². The number of nitrogen functional groups attached to an aromatic ring is 1. The van der Waals surface area contributed by atoms with E-state index in [2.05, 4.69) is 22.5 Å². The lowest BCUT2D eigenvalue weighted by atomic mass is 10.1. The van der Waals surface area contributed by atoms with Gasteiger partial charge in [0.2, 0.25) is 0 Å². The van der Waals surface area contributed by atoms with Gasteiger partial charge >= 0.3 is 0 Å². The number of unbranched alkanes of at least 4 members (excludes halogenated alkanes) is 2. The van der Waals surface area contributed by atoms with Crippen molar-refractivity contribution in [2.24, 2.45) is 0 Å². The van der Waals surface area contributed by atoms with Crippen LogP contribution in [0.4, 0.5) is 17.2 Å². The number of pyridine rings is 1. The summed E-state index contributed by atoms with van der Waals surface area (Å²) in [7, 11) is 0. The second-order valence-electron chi connectivity index (χ2n) is 8.58. The number of anilines is 3. The topological polar surface area (TPSA) is 97.1 Å². The van der Waals surface area contributed by atoms with E-state index in [1.807, 2.05) is 73.7 Å². The fourth-order valence-electron chi connectivity index (χ4n) is 3.91. The number of nitrogens with zero attached hydrogens (tertiary/aromatic N) is 1. The number of nitrogens with one attached hydrogen (secondary N) is 2. The fourth-order valence-corrected chi connectivity index (χ4v) is 4.92. The van der Waals surface area contributed by atoms with Crippen LogP contribution in [0.25, 0.3) is 10.8 Å². The number of thioether (sulfide) groups is 1. The Balaban J connectivity index is 1.66. The molecule has 3 aromatic carbocycles. The van der Waals surface area contributed by atoms with E-state index in [1.165, 1.54) is 11.8 Å². The first-order valence-corrected chi connectivity index (χ1v) is 13.1. The highest BCUT2D eigenvalue weighted by Crippen LogP contribution is 2.29. The van der Waals surface area contributed by atoms with Gasteiger partial charge in [0, 0.05) is 16.8 Å². The van der Waals surface area contributed by atoms with Gasteiger partial charge in [-0.25, -0.2) is 4.98 Å². The number of hydrogen-bond donors (Lipinski definition) is 3. The predicted octanol–water partition coefficient (Wildman–Crippen LogP) is 6.91. The molecule has 0 atom stereocenters. The summed E-state index contributed by atoms with van der Waals surface area (Å²) in [5.74, 6) is 0.169. The summed E-state index contributed by atoms with van der Waals surface area (Å²) in [6.07, 6.45) is 3.20. The summed E-state index contributed by atoms with van der Waals surface area (Å²) in [5, 5.41) is 8.37. The number of nitrogens with two attached hydrogens (primary N) is 1. The third kappa shape index (κ3) is 5.86. The van der Waals surface area contributed by atoms with Crippen LogP contribution < -0.4 is 16.4 Å². The lowest BCUT2D eigenvalue weighted by molar-refractivity contribution is 0.102. The molecule has 0 aliphatic rings. The van der Waals surface area contributed by atoms with Gasteiger partial charge in [0.1, 0.15) is 10.8 Å². The van der Waals surface area contributed by atoms with Crippen molar-refractivity contribution in [3.05, 3.63) is 89.5 Å². The molecule has 6 nitrogen and oxygen atoms in total. The first-order valence-electron chi connectivity index (χ1n) is 12.1. The molecule has 1 aromatic heterocycles. The maximum Gasteiger partial charge on any atom is 0.259 e. The normalized spacial score (nSPS) is 10.8. The number of rotatable bonds is 9. The number of amides is 2. The highest BCUT2D eigenvalue weighted by molar-refractivity contribution is 7.99. The van der Waals surface area contributed by atoms with Gasteiger partial charge < -0.3 is 16.4 Å². The number of aryl methyl sites for hydroxylation is 1. The Morgan fingerprint density at radius 1 is 0.861 bits per heavy atom. The van der Waals surface area contributed by atoms with E-state index in [4.69, 9.17) is 5.73 Å². The Morgan fingerprint density at radius 3 is 2.33 bits per heavy atom. The van der Waals surface area contributed by atoms with Gasteiger partial charge in [-0.15, -0.1) is 11.8 Å². The van der Waals surface area contributed by atoms with E-state index in [9.17, 15) is 9.59 Å². The Kier molecular flexibility index (Phi) is 8.23. The van der Waals surface area contributed by atoms with Crippen LogP contribution in [0.5, 0.6) is 0 Å². The van der Waals surface area contributed by atoms with E-state index in [0.717, 1.165) is 41.4 Å². The van der Waals surface area contributed by atoms with Crippen molar-refractivity contribution >= 4 is 51.5 Å². The monoisotopic (exact) mass is 498 g/mol. The molecule has 1 heterocycles. The maximum absolute atomic E-state index is 13.4. The number of carbonyl (C=O) groups is 2. The highest BCUT2D eigenvalue weighted by atomic mass is 32.2. The van der Waals surface area contributed by atoms with Gasteiger partial charge in [-0.05, 0) is 48.2 Å². The van der Waals surface area contributed by atoms with E-state index < -0.39 is 5.91 Å². The van der Waals surface area contributed by atoms with Crippen LogP contribution in [0.1, 0.15) is 52.5 Å². The molecule has 4 rings (SSSR count). The van der Waals surface area contributed by atoms with Crippen LogP contribution in [-0.4, -0.2) is 22.6 Å². The van der Waals surface area contributed by atoms with E-state index in [1.54, 1.807) is 6.07 Å². The molecule has 184 valence electrons. The molecule has 2 amide bonds. The number of benzene rings is 3. The van der Waals surface area contributed by atoms with Gasteiger partial charge in [0.15, 0.2) is 0 Å². The summed E-state index contributed by atoms with van der Waals surface area (Å²) < 4.78 is 0. The Labute approximate surface area is 215 Å². The third-order valence-corrected chi connectivity index (χ3v) is 7.00. The Bertz CT molecular complexity index is 1400. The van der Waals surface area contributed by atoms with Crippen molar-refractivity contribution in [1.29, 1.82) is 0 Å². The lowest BCUT2D eigenvalue weighted by Gasteiger charge is -2.15. The van der Waals surface area contributed by atoms with Gasteiger partial charge in [0.25, 0.3) is 11.8 Å². The molecule has 4 aromatic rings. The Morgan fingerprint density at radius 2 is 1.53 bits per heavy atom. The highest BCUT2D eigenvalue weighted by Gasteiger charge is 2.21. The van der Waals surface area contributed by atoms with Crippen LogP contribution in [0.15, 0.2) is 77.8 Å². The molecule has 0 saturated heterocycles. The molecule has 0 aliphatic heterocycles. The van der Waals surface area contributed by atoms with Crippen LogP contribution in [0, 0.1) is 6.92 Å². The lowest BCUT2D eigenvalue weighted by Crippen LogP contribution is -2.20. The van der Waals surface area contributed by atoms with Crippen molar-refractivity contribution in [3.8, 4) is 0 Å². The molecule has 0 aliphatic carbocycles. The zero-order chi connectivity index (χ0) is 25.5. The maximum atomic E-state index is 13.4. The Hall–Kier alpha value is -3.84. The summed E-state index contributed by atoms with van der Waals surface area (Å²) in [6.45, 7) is 4.08. The molecule has 36 heavy (non-hydrogen) atoms. The molecular formula is C29H30N4O2S. The standard InChI is InChI=1S/C29H30N4O2S/c1-3-4-9-17-36-29-23(28(35)31-24-15-8-5-11-19(24)2)18-22(26(30)33-29)27(34)32-25-16-10-13-20-12-6-7-14-21(20)25/h5-8,10-16,18H,3-4,9,17H2,1-2H3,(H2,30,33)(H,31,35)(H,32,34). The quantitative estimate of drug-likeness (QED) is 0.172. The molecule has 0 radical (unpaired) electrons. The van der Waals surface area contributed by atoms with Crippen LogP contribution in [0.2, 0.25) is 0 Å². The SMILES string of the molecule is CCCCCSc1nc(N)c(C(=O)Nc2cccc3ccccc23)cc1C(=O)Nc1ccccc1C. The summed E-state index contributed by atoms with van der Waals surface area (Å²) >= 11 is 1.49. The number of aromatic nitrogens is 1. The first-order chi connectivity index (χ1) is 17.5. The largest absolute Gasteiger partial charge is 0.383 e. The molecule has 4 N–H and O–H groups in total. The van der Waals surface area contributed by atoms with Gasteiger partial charge in [-0.3, -0.25) is 9.59 Å². The van der Waals surface area contributed by atoms with E-state index in [-0.39, 0.29) is 17.3 Å². The number of para-hydroxylation sites is 1. The smallest absolute Gasteiger partial charge is 0.259 e. The van der Waals surface area contributed by atoms with Crippen molar-refractivity contribution in [2.45, 2.75) is 38.1 Å². The second kappa shape index (κ2) is 11.7. The van der Waals surface area contributed by atoms with Crippen LogP contribution >= 0.6 is 11.8 Å². The van der Waals surface area contributed by atoms with Crippen molar-refractivity contribution < 1.29 is 9.59 Å². The van der Waals surface area contributed by atoms with Crippen LogP contribution in [-0.2, 0) is 0 Å². The second-order valence-corrected chi connectivity index (χ2v) is 9.66. The number of fused-ring (bicyclic) bond motifs is 1. The van der Waals surface area contributed by atoms with Crippen LogP contribution in [0.3, 0.4) is 0 Å².